The van der Waals surface area contributed by atoms with E-state index in [1.807, 2.05) is 6.07 Å². The van der Waals surface area contributed by atoms with E-state index in [1.165, 1.54) is 48.5 Å². The summed E-state index contributed by atoms with van der Waals surface area (Å²) in [5, 5.41) is 11.0. The summed E-state index contributed by atoms with van der Waals surface area (Å²) in [6.45, 7) is 2.39. The number of piperidine rings is 1. The number of carbonyl (C=O) groups is 2. The zero-order valence-electron chi connectivity index (χ0n) is 20.5. The second-order valence-electron chi connectivity index (χ2n) is 8.95. The first-order valence-electron chi connectivity index (χ1n) is 12.1. The third kappa shape index (κ3) is 6.37. The van der Waals surface area contributed by atoms with Gasteiger partial charge in [0.05, 0.1) is 12.0 Å². The van der Waals surface area contributed by atoms with Crippen LogP contribution in [-0.2, 0) is 0 Å². The maximum Gasteiger partial charge on any atom is 0.269 e. The third-order valence-corrected chi connectivity index (χ3v) is 6.66. The Bertz CT molecular complexity index is 1260. The summed E-state index contributed by atoms with van der Waals surface area (Å²) in [6.07, 6.45) is 1.37. The number of likely N-dealkylation sites (tertiary alicyclic amines) is 1. The van der Waals surface area contributed by atoms with Gasteiger partial charge in [-0.25, -0.2) is 4.39 Å². The van der Waals surface area contributed by atoms with E-state index in [-0.39, 0.29) is 29.1 Å². The van der Waals surface area contributed by atoms with Crippen LogP contribution in [0.1, 0.15) is 33.6 Å². The number of ketones is 1. The lowest BCUT2D eigenvalue weighted by molar-refractivity contribution is -0.384. The molecule has 0 aliphatic carbocycles. The van der Waals surface area contributed by atoms with Crippen molar-refractivity contribution in [2.24, 2.45) is 5.92 Å². The molecule has 0 spiro atoms. The minimum atomic E-state index is -0.501. The standard InChI is InChI=1S/C28H28FN3O5/c1-37-26-4-2-3-25(19-26)31(28(34)22-7-11-24(12-8-22)32(35)36)18-17-30-15-13-21(14-16-30)27(33)20-5-9-23(29)10-6-20/h2-12,19,21H,13-18H2,1H3. The third-order valence-electron chi connectivity index (χ3n) is 6.66. The fourth-order valence-electron chi connectivity index (χ4n) is 4.52. The molecule has 1 amide bonds. The Morgan fingerprint density at radius 2 is 1.68 bits per heavy atom. The van der Waals surface area contributed by atoms with E-state index < -0.39 is 4.92 Å². The van der Waals surface area contributed by atoms with Crippen LogP contribution in [0.25, 0.3) is 0 Å². The van der Waals surface area contributed by atoms with Gasteiger partial charge in [-0.15, -0.1) is 0 Å². The number of nitrogens with zero attached hydrogens (tertiary/aromatic N) is 3. The van der Waals surface area contributed by atoms with E-state index in [4.69, 9.17) is 4.74 Å². The SMILES string of the molecule is COc1cccc(N(CCN2CCC(C(=O)c3ccc(F)cc3)CC2)C(=O)c2ccc([N+](=O)[O-])cc2)c1. The summed E-state index contributed by atoms with van der Waals surface area (Å²) in [5.74, 6) is -0.108. The molecule has 1 saturated heterocycles. The van der Waals surface area contributed by atoms with E-state index in [1.54, 1.807) is 30.2 Å². The van der Waals surface area contributed by atoms with Crippen LogP contribution in [-0.4, -0.2) is 54.8 Å². The molecule has 1 aliphatic heterocycles. The number of rotatable bonds is 9. The molecular weight excluding hydrogens is 477 g/mol. The summed E-state index contributed by atoms with van der Waals surface area (Å²) in [4.78, 5) is 40.6. The predicted molar refractivity (Wildman–Crippen MR) is 138 cm³/mol. The summed E-state index contributed by atoms with van der Waals surface area (Å²) in [6, 6.07) is 18.4. The molecule has 0 radical (unpaired) electrons. The number of benzene rings is 3. The monoisotopic (exact) mass is 505 g/mol. The van der Waals surface area contributed by atoms with E-state index in [0.717, 1.165) is 0 Å². The van der Waals surface area contributed by atoms with Crippen LogP contribution in [0, 0.1) is 21.8 Å². The first-order chi connectivity index (χ1) is 17.9. The summed E-state index contributed by atoms with van der Waals surface area (Å²) >= 11 is 0. The number of nitro benzene ring substituents is 1. The summed E-state index contributed by atoms with van der Waals surface area (Å²) < 4.78 is 18.5. The Morgan fingerprint density at radius 1 is 1.03 bits per heavy atom. The molecule has 37 heavy (non-hydrogen) atoms. The van der Waals surface area contributed by atoms with Crippen molar-refractivity contribution in [1.29, 1.82) is 0 Å². The fourth-order valence-corrected chi connectivity index (χ4v) is 4.52. The maximum absolute atomic E-state index is 13.4. The highest BCUT2D eigenvalue weighted by Crippen LogP contribution is 2.25. The van der Waals surface area contributed by atoms with Gasteiger partial charge in [0.25, 0.3) is 11.6 Å². The van der Waals surface area contributed by atoms with E-state index in [0.29, 0.717) is 61.6 Å². The number of ether oxygens (including phenoxy) is 1. The van der Waals surface area contributed by atoms with Crippen molar-refractivity contribution in [1.82, 2.24) is 4.90 Å². The molecule has 8 nitrogen and oxygen atoms in total. The maximum atomic E-state index is 13.4. The van der Waals surface area contributed by atoms with Crippen LogP contribution in [0.15, 0.2) is 72.8 Å². The minimum absolute atomic E-state index is 0.0333. The van der Waals surface area contributed by atoms with Gasteiger partial charge in [0, 0.05) is 54.0 Å². The van der Waals surface area contributed by atoms with Gasteiger partial charge < -0.3 is 14.5 Å². The lowest BCUT2D eigenvalue weighted by Gasteiger charge is -2.33. The van der Waals surface area contributed by atoms with Crippen molar-refractivity contribution >= 4 is 23.1 Å². The second-order valence-corrected chi connectivity index (χ2v) is 8.95. The average molecular weight is 506 g/mol. The van der Waals surface area contributed by atoms with Crippen LogP contribution in [0.5, 0.6) is 5.75 Å². The van der Waals surface area contributed by atoms with Crippen molar-refractivity contribution in [3.63, 3.8) is 0 Å². The molecule has 0 unspecified atom stereocenters. The quantitative estimate of drug-likeness (QED) is 0.231. The Kier molecular flexibility index (Phi) is 8.25. The smallest absolute Gasteiger partial charge is 0.269 e. The van der Waals surface area contributed by atoms with Gasteiger partial charge in [-0.1, -0.05) is 6.07 Å². The molecular formula is C28H28FN3O5. The number of anilines is 1. The summed E-state index contributed by atoms with van der Waals surface area (Å²) in [7, 11) is 1.55. The Hall–Kier alpha value is -4.11. The van der Waals surface area contributed by atoms with Crippen LogP contribution in [0.4, 0.5) is 15.8 Å². The van der Waals surface area contributed by atoms with Gasteiger partial charge in [0.2, 0.25) is 0 Å². The number of carbonyl (C=O) groups excluding carboxylic acids is 2. The number of hydrogen-bond acceptors (Lipinski definition) is 6. The number of hydrogen-bond donors (Lipinski definition) is 0. The molecule has 0 atom stereocenters. The highest BCUT2D eigenvalue weighted by Gasteiger charge is 2.27. The molecule has 0 N–H and O–H groups in total. The predicted octanol–water partition coefficient (Wildman–Crippen LogP) is 4.98. The van der Waals surface area contributed by atoms with Crippen molar-refractivity contribution in [2.75, 3.05) is 38.2 Å². The number of amides is 1. The van der Waals surface area contributed by atoms with Gasteiger partial charge >= 0.3 is 0 Å². The normalized spacial score (nSPS) is 14.2. The first-order valence-corrected chi connectivity index (χ1v) is 12.1. The van der Waals surface area contributed by atoms with Gasteiger partial charge in [-0.05, 0) is 74.5 Å². The van der Waals surface area contributed by atoms with Crippen LogP contribution in [0.3, 0.4) is 0 Å². The molecule has 1 aliphatic rings. The van der Waals surface area contributed by atoms with E-state index >= 15 is 0 Å². The highest BCUT2D eigenvalue weighted by atomic mass is 19.1. The molecule has 4 rings (SSSR count). The highest BCUT2D eigenvalue weighted by molar-refractivity contribution is 6.06. The molecule has 0 aromatic heterocycles. The molecule has 3 aromatic carbocycles. The molecule has 0 saturated carbocycles. The minimum Gasteiger partial charge on any atom is -0.497 e. The zero-order valence-corrected chi connectivity index (χ0v) is 20.5. The lowest BCUT2D eigenvalue weighted by atomic mass is 9.89. The molecule has 3 aromatic rings. The van der Waals surface area contributed by atoms with Crippen molar-refractivity contribution in [3.8, 4) is 5.75 Å². The molecule has 1 heterocycles. The molecule has 1 fully saturated rings. The van der Waals surface area contributed by atoms with Crippen molar-refractivity contribution in [3.05, 3.63) is 99.9 Å². The van der Waals surface area contributed by atoms with E-state index in [2.05, 4.69) is 4.90 Å². The Morgan fingerprint density at radius 3 is 2.30 bits per heavy atom. The van der Waals surface area contributed by atoms with Gasteiger partial charge in [-0.3, -0.25) is 19.7 Å². The number of nitro groups is 1. The largest absolute Gasteiger partial charge is 0.497 e. The average Bonchev–Trinajstić information content (AvgIpc) is 2.93. The van der Waals surface area contributed by atoms with Gasteiger partial charge in [0.15, 0.2) is 5.78 Å². The summed E-state index contributed by atoms with van der Waals surface area (Å²) in [5.41, 5.74) is 1.45. The van der Waals surface area contributed by atoms with Crippen molar-refractivity contribution in [2.45, 2.75) is 12.8 Å². The number of methoxy groups -OCH3 is 1. The lowest BCUT2D eigenvalue weighted by Crippen LogP contribution is -2.42. The first kappa shape index (κ1) is 26.0. The van der Waals surface area contributed by atoms with Crippen LogP contribution in [0.2, 0.25) is 0 Å². The zero-order chi connectivity index (χ0) is 26.4. The fraction of sp³-hybridized carbons (Fsp3) is 0.286. The van der Waals surface area contributed by atoms with Crippen LogP contribution < -0.4 is 9.64 Å². The molecule has 0 bridgehead atoms. The van der Waals surface area contributed by atoms with Gasteiger partial charge in [-0.2, -0.15) is 0 Å². The number of Topliss-reactive ketones (excluding diaryl/α,β-unsaturated/α-hetero) is 1. The topological polar surface area (TPSA) is 93.0 Å². The molecule has 192 valence electrons. The molecule has 9 heteroatoms. The van der Waals surface area contributed by atoms with E-state index in [9.17, 15) is 24.1 Å². The van der Waals surface area contributed by atoms with Crippen LogP contribution >= 0.6 is 0 Å². The second kappa shape index (κ2) is 11.7. The Labute approximate surface area is 214 Å². The van der Waals surface area contributed by atoms with Gasteiger partial charge in [0.1, 0.15) is 11.6 Å². The van der Waals surface area contributed by atoms with Crippen molar-refractivity contribution < 1.29 is 23.6 Å². The Balaban J connectivity index is 1.43. The number of non-ortho nitro benzene ring substituents is 1. The number of halogens is 1.